The molecule has 1 N–H and O–H groups in total. The van der Waals surface area contributed by atoms with Crippen molar-refractivity contribution in [3.63, 3.8) is 0 Å². The zero-order valence-corrected chi connectivity index (χ0v) is 10.3. The Kier molecular flexibility index (Phi) is 3.11. The summed E-state index contributed by atoms with van der Waals surface area (Å²) in [6, 6.07) is 0.404. The molecule has 3 rings (SSSR count). The average molecular weight is 236 g/mol. The van der Waals surface area contributed by atoms with Crippen molar-refractivity contribution in [2.45, 2.75) is 31.8 Å². The Morgan fingerprint density at radius 3 is 3.35 bits per heavy atom. The van der Waals surface area contributed by atoms with Gasteiger partial charge >= 0.3 is 0 Å². The van der Waals surface area contributed by atoms with E-state index in [4.69, 9.17) is 4.74 Å². The van der Waals surface area contributed by atoms with Crippen LogP contribution in [0.3, 0.4) is 0 Å². The van der Waals surface area contributed by atoms with Crippen molar-refractivity contribution in [2.75, 3.05) is 20.3 Å². The molecular formula is C12H20N4O. The standard InChI is InChI=1S/C12H20N4O/c1-17-6-5-16-8-14-15-12(16)11-10-4-2-3-9(10)7-13-11/h8-11,13H,2-7H2,1H3. The van der Waals surface area contributed by atoms with Gasteiger partial charge in [0.15, 0.2) is 0 Å². The highest BCUT2D eigenvalue weighted by Crippen LogP contribution is 2.43. The molecule has 17 heavy (non-hydrogen) atoms. The third-order valence-electron chi connectivity index (χ3n) is 4.21. The molecule has 1 saturated heterocycles. The number of nitrogens with zero attached hydrogens (tertiary/aromatic N) is 3. The predicted octanol–water partition coefficient (Wildman–Crippen LogP) is 0.985. The van der Waals surface area contributed by atoms with Crippen LogP contribution < -0.4 is 5.32 Å². The summed E-state index contributed by atoms with van der Waals surface area (Å²) in [6.45, 7) is 2.70. The van der Waals surface area contributed by atoms with Crippen molar-refractivity contribution in [2.24, 2.45) is 11.8 Å². The Morgan fingerprint density at radius 2 is 2.47 bits per heavy atom. The minimum absolute atomic E-state index is 0.404. The van der Waals surface area contributed by atoms with E-state index in [0.717, 1.165) is 30.7 Å². The van der Waals surface area contributed by atoms with Crippen LogP contribution in [0.1, 0.15) is 31.1 Å². The van der Waals surface area contributed by atoms with Crippen molar-refractivity contribution in [3.8, 4) is 0 Å². The molecule has 0 bridgehead atoms. The first-order chi connectivity index (χ1) is 8.40. The third kappa shape index (κ3) is 1.98. The minimum Gasteiger partial charge on any atom is -0.383 e. The van der Waals surface area contributed by atoms with E-state index in [2.05, 4.69) is 20.1 Å². The van der Waals surface area contributed by atoms with Gasteiger partial charge < -0.3 is 14.6 Å². The van der Waals surface area contributed by atoms with Gasteiger partial charge in [-0.15, -0.1) is 10.2 Å². The lowest BCUT2D eigenvalue weighted by Gasteiger charge is -2.18. The summed E-state index contributed by atoms with van der Waals surface area (Å²) in [5.41, 5.74) is 0. The quantitative estimate of drug-likeness (QED) is 0.847. The van der Waals surface area contributed by atoms with Crippen molar-refractivity contribution in [1.29, 1.82) is 0 Å². The van der Waals surface area contributed by atoms with Crippen LogP contribution in [0.5, 0.6) is 0 Å². The molecule has 94 valence electrons. The Bertz CT molecular complexity index is 378. The highest BCUT2D eigenvalue weighted by Gasteiger charge is 2.41. The molecule has 2 aliphatic rings. The van der Waals surface area contributed by atoms with Gasteiger partial charge in [0.1, 0.15) is 12.2 Å². The van der Waals surface area contributed by atoms with Gasteiger partial charge in [0.05, 0.1) is 12.6 Å². The van der Waals surface area contributed by atoms with E-state index in [0.29, 0.717) is 12.6 Å². The van der Waals surface area contributed by atoms with Crippen molar-refractivity contribution in [1.82, 2.24) is 20.1 Å². The highest BCUT2D eigenvalue weighted by atomic mass is 16.5. The lowest BCUT2D eigenvalue weighted by molar-refractivity contribution is 0.185. The van der Waals surface area contributed by atoms with E-state index in [-0.39, 0.29) is 0 Å². The molecule has 1 aromatic heterocycles. The van der Waals surface area contributed by atoms with E-state index in [1.54, 1.807) is 7.11 Å². The van der Waals surface area contributed by atoms with Crippen molar-refractivity contribution >= 4 is 0 Å². The minimum atomic E-state index is 0.404. The molecule has 2 heterocycles. The van der Waals surface area contributed by atoms with Crippen LogP contribution in [0.15, 0.2) is 6.33 Å². The first-order valence-electron chi connectivity index (χ1n) is 6.50. The van der Waals surface area contributed by atoms with Gasteiger partial charge in [-0.25, -0.2) is 0 Å². The maximum atomic E-state index is 5.12. The zero-order chi connectivity index (χ0) is 11.7. The van der Waals surface area contributed by atoms with Crippen molar-refractivity contribution in [3.05, 3.63) is 12.2 Å². The summed E-state index contributed by atoms with van der Waals surface area (Å²) in [5.74, 6) is 2.71. The topological polar surface area (TPSA) is 52.0 Å². The maximum absolute atomic E-state index is 5.12. The van der Waals surface area contributed by atoms with Crippen LogP contribution in [0.4, 0.5) is 0 Å². The molecule has 0 amide bonds. The van der Waals surface area contributed by atoms with Gasteiger partial charge in [-0.1, -0.05) is 6.42 Å². The van der Waals surface area contributed by atoms with Gasteiger partial charge in [-0.2, -0.15) is 0 Å². The van der Waals surface area contributed by atoms with Crippen LogP contribution in [-0.2, 0) is 11.3 Å². The number of ether oxygens (including phenoxy) is 1. The summed E-state index contributed by atoms with van der Waals surface area (Å²) in [7, 11) is 1.73. The lowest BCUT2D eigenvalue weighted by atomic mass is 9.93. The van der Waals surface area contributed by atoms with E-state index < -0.39 is 0 Å². The first-order valence-corrected chi connectivity index (χ1v) is 6.50. The number of hydrogen-bond acceptors (Lipinski definition) is 4. The van der Waals surface area contributed by atoms with Gasteiger partial charge in [-0.05, 0) is 31.2 Å². The van der Waals surface area contributed by atoms with Crippen LogP contribution in [0, 0.1) is 11.8 Å². The molecule has 1 aromatic rings. The summed E-state index contributed by atoms with van der Waals surface area (Å²) < 4.78 is 7.25. The number of hydrogen-bond donors (Lipinski definition) is 1. The molecule has 0 aromatic carbocycles. The number of nitrogens with one attached hydrogen (secondary N) is 1. The molecule has 1 aliphatic carbocycles. The van der Waals surface area contributed by atoms with Gasteiger partial charge in [0.2, 0.25) is 0 Å². The van der Waals surface area contributed by atoms with E-state index in [1.807, 2.05) is 6.33 Å². The molecule has 3 atom stereocenters. The molecule has 2 fully saturated rings. The monoisotopic (exact) mass is 236 g/mol. The Morgan fingerprint density at radius 1 is 1.53 bits per heavy atom. The Hall–Kier alpha value is -0.940. The summed E-state index contributed by atoms with van der Waals surface area (Å²) in [6.07, 6.45) is 5.90. The number of methoxy groups -OCH3 is 1. The van der Waals surface area contributed by atoms with Crippen LogP contribution in [0.25, 0.3) is 0 Å². The summed E-state index contributed by atoms with van der Waals surface area (Å²) in [5, 5.41) is 12.0. The molecular weight excluding hydrogens is 216 g/mol. The second-order valence-corrected chi connectivity index (χ2v) is 5.12. The smallest absolute Gasteiger partial charge is 0.150 e. The molecule has 0 spiro atoms. The summed E-state index contributed by atoms with van der Waals surface area (Å²) >= 11 is 0. The van der Waals surface area contributed by atoms with Crippen molar-refractivity contribution < 1.29 is 4.74 Å². The van der Waals surface area contributed by atoms with Gasteiger partial charge in [0.25, 0.3) is 0 Å². The van der Waals surface area contributed by atoms with Gasteiger partial charge in [0, 0.05) is 13.7 Å². The van der Waals surface area contributed by atoms with Crippen LogP contribution >= 0.6 is 0 Å². The Labute approximate surface area is 102 Å². The normalized spacial score (nSPS) is 31.9. The molecule has 3 unspecified atom stereocenters. The first kappa shape index (κ1) is 11.2. The summed E-state index contributed by atoms with van der Waals surface area (Å²) in [4.78, 5) is 0. The number of aromatic nitrogens is 3. The maximum Gasteiger partial charge on any atom is 0.150 e. The zero-order valence-electron chi connectivity index (χ0n) is 10.3. The molecule has 0 radical (unpaired) electrons. The van der Waals surface area contributed by atoms with E-state index in [9.17, 15) is 0 Å². The second-order valence-electron chi connectivity index (χ2n) is 5.12. The molecule has 5 nitrogen and oxygen atoms in total. The lowest BCUT2D eigenvalue weighted by Crippen LogP contribution is -2.23. The van der Waals surface area contributed by atoms with E-state index >= 15 is 0 Å². The highest BCUT2D eigenvalue weighted by molar-refractivity contribution is 5.05. The number of rotatable bonds is 4. The molecule has 1 aliphatic heterocycles. The van der Waals surface area contributed by atoms with Crippen LogP contribution in [-0.4, -0.2) is 35.0 Å². The fourth-order valence-electron chi connectivity index (χ4n) is 3.34. The SMILES string of the molecule is COCCn1cnnc1C1NCC2CCCC21. The molecule has 1 saturated carbocycles. The fourth-order valence-corrected chi connectivity index (χ4v) is 3.34. The number of fused-ring (bicyclic) bond motifs is 1. The van der Waals surface area contributed by atoms with E-state index in [1.165, 1.54) is 19.3 Å². The predicted molar refractivity (Wildman–Crippen MR) is 63.5 cm³/mol. The largest absolute Gasteiger partial charge is 0.383 e. The van der Waals surface area contributed by atoms with Crippen LogP contribution in [0.2, 0.25) is 0 Å². The average Bonchev–Trinajstić information content (AvgIpc) is 3.01. The third-order valence-corrected chi connectivity index (χ3v) is 4.21. The molecule has 5 heteroatoms. The fraction of sp³-hybridized carbons (Fsp3) is 0.833. The van der Waals surface area contributed by atoms with Gasteiger partial charge in [-0.3, -0.25) is 0 Å². The Balaban J connectivity index is 1.77. The second kappa shape index (κ2) is 4.74.